The fourth-order valence-electron chi connectivity index (χ4n) is 2.12. The summed E-state index contributed by atoms with van der Waals surface area (Å²) < 4.78 is 10.4. The lowest BCUT2D eigenvalue weighted by Gasteiger charge is -2.04. The van der Waals surface area contributed by atoms with Crippen molar-refractivity contribution in [2.75, 3.05) is 6.54 Å². The van der Waals surface area contributed by atoms with E-state index in [1.54, 1.807) is 31.3 Å². The summed E-state index contributed by atoms with van der Waals surface area (Å²) in [6.45, 7) is 2.13. The van der Waals surface area contributed by atoms with Gasteiger partial charge >= 0.3 is 5.63 Å². The van der Waals surface area contributed by atoms with Gasteiger partial charge in [0.15, 0.2) is 5.89 Å². The highest BCUT2D eigenvalue weighted by Crippen LogP contribution is 2.12. The molecule has 0 fully saturated rings. The van der Waals surface area contributed by atoms with Crippen LogP contribution in [-0.4, -0.2) is 17.4 Å². The van der Waals surface area contributed by atoms with Crippen molar-refractivity contribution in [3.05, 3.63) is 64.2 Å². The molecular formula is C16H14N2O4. The van der Waals surface area contributed by atoms with Crippen LogP contribution < -0.4 is 10.9 Å². The van der Waals surface area contributed by atoms with Gasteiger partial charge in [-0.25, -0.2) is 9.78 Å². The molecule has 0 aliphatic carbocycles. The minimum atomic E-state index is -0.650. The predicted octanol–water partition coefficient (Wildman–Crippen LogP) is 2.06. The van der Waals surface area contributed by atoms with Crippen molar-refractivity contribution in [1.82, 2.24) is 10.3 Å². The molecule has 0 atom stereocenters. The number of aromatic nitrogens is 1. The Morgan fingerprint density at radius 2 is 2.09 bits per heavy atom. The molecular weight excluding hydrogens is 284 g/mol. The summed E-state index contributed by atoms with van der Waals surface area (Å²) in [6.07, 6.45) is 2.08. The molecule has 0 aliphatic rings. The van der Waals surface area contributed by atoms with Crippen molar-refractivity contribution in [1.29, 1.82) is 0 Å². The van der Waals surface area contributed by atoms with Crippen molar-refractivity contribution in [2.24, 2.45) is 0 Å². The number of rotatable bonds is 4. The first-order valence-electron chi connectivity index (χ1n) is 6.86. The largest absolute Gasteiger partial charge is 0.446 e. The number of carbonyl (C=O) groups excluding carboxylic acids is 1. The van der Waals surface area contributed by atoms with Gasteiger partial charge < -0.3 is 14.2 Å². The second kappa shape index (κ2) is 5.85. The molecule has 0 saturated carbocycles. The van der Waals surface area contributed by atoms with Gasteiger partial charge in [0.2, 0.25) is 0 Å². The van der Waals surface area contributed by atoms with Crippen molar-refractivity contribution in [3.63, 3.8) is 0 Å². The summed E-state index contributed by atoms with van der Waals surface area (Å²) in [7, 11) is 0. The third-order valence-electron chi connectivity index (χ3n) is 3.18. The summed E-state index contributed by atoms with van der Waals surface area (Å²) >= 11 is 0. The van der Waals surface area contributed by atoms with E-state index in [9.17, 15) is 9.59 Å². The second-order valence-corrected chi connectivity index (χ2v) is 4.86. The van der Waals surface area contributed by atoms with Gasteiger partial charge in [-0.2, -0.15) is 0 Å². The van der Waals surface area contributed by atoms with Gasteiger partial charge in [0.05, 0.1) is 6.20 Å². The molecule has 1 N–H and O–H groups in total. The molecule has 3 aromatic rings. The minimum Gasteiger partial charge on any atom is -0.446 e. The number of oxazole rings is 1. The van der Waals surface area contributed by atoms with Crippen LogP contribution >= 0.6 is 0 Å². The average Bonchev–Trinajstić information content (AvgIpc) is 2.92. The molecule has 1 amide bonds. The Kier molecular flexibility index (Phi) is 3.74. The number of hydrogen-bond donors (Lipinski definition) is 1. The van der Waals surface area contributed by atoms with E-state index in [0.717, 1.165) is 5.76 Å². The topological polar surface area (TPSA) is 85.3 Å². The van der Waals surface area contributed by atoms with Gasteiger partial charge in [0.1, 0.15) is 16.9 Å². The maximum absolute atomic E-state index is 12.1. The third-order valence-corrected chi connectivity index (χ3v) is 3.18. The van der Waals surface area contributed by atoms with E-state index in [-0.39, 0.29) is 5.56 Å². The molecule has 3 rings (SSSR count). The molecule has 0 radical (unpaired) electrons. The van der Waals surface area contributed by atoms with Crippen molar-refractivity contribution < 1.29 is 13.6 Å². The molecule has 2 heterocycles. The van der Waals surface area contributed by atoms with Crippen LogP contribution in [-0.2, 0) is 6.42 Å². The number of para-hydroxylation sites is 1. The van der Waals surface area contributed by atoms with Crippen molar-refractivity contribution >= 4 is 16.9 Å². The van der Waals surface area contributed by atoms with Crippen molar-refractivity contribution in [2.45, 2.75) is 13.3 Å². The standard InChI is InChI=1S/C16H14N2O4/c1-10-9-18-14(21-10)6-7-17-15(19)12-8-11-4-2-3-5-13(11)22-16(12)20/h2-5,8-9H,6-7H2,1H3,(H,17,19). The maximum atomic E-state index is 12.1. The van der Waals surface area contributed by atoms with Crippen LogP contribution in [0.4, 0.5) is 0 Å². The number of nitrogens with one attached hydrogen (secondary N) is 1. The number of nitrogens with zero attached hydrogens (tertiary/aromatic N) is 1. The number of amides is 1. The lowest BCUT2D eigenvalue weighted by atomic mass is 10.2. The van der Waals surface area contributed by atoms with E-state index in [0.29, 0.717) is 29.8 Å². The first-order chi connectivity index (χ1) is 10.6. The zero-order valence-electron chi connectivity index (χ0n) is 12.0. The Morgan fingerprint density at radius 3 is 2.86 bits per heavy atom. The molecule has 22 heavy (non-hydrogen) atoms. The molecule has 1 aromatic carbocycles. The summed E-state index contributed by atoms with van der Waals surface area (Å²) in [6, 6.07) is 8.58. The summed E-state index contributed by atoms with van der Waals surface area (Å²) in [5.74, 6) is 0.794. The Balaban J connectivity index is 1.72. The molecule has 112 valence electrons. The fraction of sp³-hybridized carbons (Fsp3) is 0.188. The second-order valence-electron chi connectivity index (χ2n) is 4.86. The molecule has 0 saturated heterocycles. The van der Waals surface area contributed by atoms with Crippen LogP contribution in [0.5, 0.6) is 0 Å². The molecule has 2 aromatic heterocycles. The summed E-state index contributed by atoms with van der Waals surface area (Å²) in [5.41, 5.74) is -0.204. The summed E-state index contributed by atoms with van der Waals surface area (Å²) in [5, 5.41) is 3.37. The highest BCUT2D eigenvalue weighted by molar-refractivity contribution is 5.96. The first-order valence-corrected chi connectivity index (χ1v) is 6.86. The Hall–Kier alpha value is -2.89. The lowest BCUT2D eigenvalue weighted by molar-refractivity contribution is 0.0950. The normalized spacial score (nSPS) is 10.8. The van der Waals surface area contributed by atoms with E-state index >= 15 is 0 Å². The monoisotopic (exact) mass is 298 g/mol. The molecule has 6 nitrogen and oxygen atoms in total. The van der Waals surface area contributed by atoms with E-state index in [4.69, 9.17) is 8.83 Å². The Morgan fingerprint density at radius 1 is 1.27 bits per heavy atom. The van der Waals surface area contributed by atoms with E-state index in [1.165, 1.54) is 6.07 Å². The lowest BCUT2D eigenvalue weighted by Crippen LogP contribution is -2.29. The van der Waals surface area contributed by atoms with Gasteiger partial charge in [0, 0.05) is 18.4 Å². The van der Waals surface area contributed by atoms with Gasteiger partial charge in [0.25, 0.3) is 5.91 Å². The quantitative estimate of drug-likeness (QED) is 0.745. The van der Waals surface area contributed by atoms with E-state index in [2.05, 4.69) is 10.3 Å². The summed E-state index contributed by atoms with van der Waals surface area (Å²) in [4.78, 5) is 28.0. The maximum Gasteiger partial charge on any atom is 0.349 e. The van der Waals surface area contributed by atoms with Crippen LogP contribution in [0.3, 0.4) is 0 Å². The van der Waals surface area contributed by atoms with Crippen LogP contribution in [0, 0.1) is 6.92 Å². The van der Waals surface area contributed by atoms with Gasteiger partial charge in [-0.3, -0.25) is 4.79 Å². The minimum absolute atomic E-state index is 0.0118. The van der Waals surface area contributed by atoms with Gasteiger partial charge in [-0.1, -0.05) is 18.2 Å². The number of carbonyl (C=O) groups is 1. The third kappa shape index (κ3) is 2.90. The number of hydrogen-bond acceptors (Lipinski definition) is 5. The molecule has 6 heteroatoms. The van der Waals surface area contributed by atoms with E-state index in [1.807, 2.05) is 6.07 Å². The number of aryl methyl sites for hydroxylation is 1. The van der Waals surface area contributed by atoms with Crippen molar-refractivity contribution in [3.8, 4) is 0 Å². The Labute approximate surface area is 125 Å². The van der Waals surface area contributed by atoms with Crippen LogP contribution in [0.15, 0.2) is 50.2 Å². The van der Waals surface area contributed by atoms with Crippen LogP contribution in [0.25, 0.3) is 11.0 Å². The van der Waals surface area contributed by atoms with E-state index < -0.39 is 11.5 Å². The number of fused-ring (bicyclic) bond motifs is 1. The smallest absolute Gasteiger partial charge is 0.349 e. The first kappa shape index (κ1) is 14.1. The highest BCUT2D eigenvalue weighted by atomic mass is 16.4. The fourth-order valence-corrected chi connectivity index (χ4v) is 2.12. The SMILES string of the molecule is Cc1cnc(CCNC(=O)c2cc3ccccc3oc2=O)o1. The predicted molar refractivity (Wildman–Crippen MR) is 79.8 cm³/mol. The zero-order chi connectivity index (χ0) is 15.5. The molecule has 0 bridgehead atoms. The average molecular weight is 298 g/mol. The Bertz CT molecular complexity index is 879. The zero-order valence-corrected chi connectivity index (χ0v) is 12.0. The van der Waals surface area contributed by atoms with Crippen LogP contribution in [0.2, 0.25) is 0 Å². The molecule has 0 aliphatic heterocycles. The van der Waals surface area contributed by atoms with Gasteiger partial charge in [-0.05, 0) is 19.1 Å². The highest BCUT2D eigenvalue weighted by Gasteiger charge is 2.13. The van der Waals surface area contributed by atoms with Gasteiger partial charge in [-0.15, -0.1) is 0 Å². The molecule has 0 spiro atoms. The van der Waals surface area contributed by atoms with Crippen LogP contribution in [0.1, 0.15) is 22.0 Å². The number of benzene rings is 1. The molecule has 0 unspecified atom stereocenters.